The van der Waals surface area contributed by atoms with E-state index in [0.717, 1.165) is 35.0 Å². The van der Waals surface area contributed by atoms with Gasteiger partial charge in [-0.3, -0.25) is 4.98 Å². The van der Waals surface area contributed by atoms with Gasteiger partial charge in [-0.15, -0.1) is 0 Å². The molecule has 152 valence electrons. The molecule has 0 radical (unpaired) electrons. The number of rotatable bonds is 3. The predicted octanol–water partition coefficient (Wildman–Crippen LogP) is 5.24. The number of ether oxygens (including phenoxy) is 2. The average molecular weight is 385 g/mol. The number of aryl methyl sites for hydroxylation is 1. The molecule has 0 saturated carbocycles. The van der Waals surface area contributed by atoms with E-state index in [1.807, 2.05) is 44.7 Å². The lowest BCUT2D eigenvalue weighted by atomic mass is 9.97. The zero-order valence-corrected chi connectivity index (χ0v) is 17.9. The van der Waals surface area contributed by atoms with E-state index in [-0.39, 0.29) is 24.3 Å². The lowest BCUT2D eigenvalue weighted by Crippen LogP contribution is -2.48. The van der Waals surface area contributed by atoms with Crippen LogP contribution in [0.25, 0.3) is 10.9 Å². The molecule has 0 N–H and O–H groups in total. The number of hydrogen-bond donors (Lipinski definition) is 0. The molecule has 3 rings (SSSR count). The zero-order chi connectivity index (χ0) is 20.5. The first-order chi connectivity index (χ1) is 13.1. The summed E-state index contributed by atoms with van der Waals surface area (Å²) in [5, 5.41) is 1.08. The van der Waals surface area contributed by atoms with Gasteiger partial charge in [0, 0.05) is 23.7 Å². The van der Waals surface area contributed by atoms with E-state index in [1.165, 1.54) is 0 Å². The molecule has 5 heteroatoms. The SMILES string of the molecule is Cc1ccc2cc(CN(C(=O)OC(C)(C)C)C3C[C@@H](C)O[C@@H](C)C3)ccc2n1. The number of amides is 1. The Morgan fingerprint density at radius 3 is 2.50 bits per heavy atom. The van der Waals surface area contributed by atoms with Crippen LogP contribution in [0.1, 0.15) is 58.7 Å². The molecule has 5 nitrogen and oxygen atoms in total. The molecular formula is C23H32N2O3. The number of nitrogens with zero attached hydrogens (tertiary/aromatic N) is 2. The van der Waals surface area contributed by atoms with Crippen LogP contribution in [0.5, 0.6) is 0 Å². The molecule has 3 atom stereocenters. The van der Waals surface area contributed by atoms with Crippen LogP contribution in [0.2, 0.25) is 0 Å². The molecule has 1 fully saturated rings. The van der Waals surface area contributed by atoms with Crippen molar-refractivity contribution >= 4 is 17.0 Å². The minimum absolute atomic E-state index is 0.0976. The van der Waals surface area contributed by atoms with Gasteiger partial charge in [-0.05, 0) is 78.1 Å². The van der Waals surface area contributed by atoms with Gasteiger partial charge in [0.05, 0.1) is 17.7 Å². The van der Waals surface area contributed by atoms with Crippen molar-refractivity contribution in [1.29, 1.82) is 0 Å². The number of aromatic nitrogens is 1. The predicted molar refractivity (Wildman–Crippen MR) is 111 cm³/mol. The first-order valence-electron chi connectivity index (χ1n) is 10.1. The van der Waals surface area contributed by atoms with Crippen LogP contribution in [-0.4, -0.2) is 39.8 Å². The number of pyridine rings is 1. The van der Waals surface area contributed by atoms with Gasteiger partial charge in [-0.1, -0.05) is 12.1 Å². The molecule has 1 saturated heterocycles. The summed E-state index contributed by atoms with van der Waals surface area (Å²) in [4.78, 5) is 19.5. The van der Waals surface area contributed by atoms with Crippen molar-refractivity contribution in [3.8, 4) is 0 Å². The molecular weight excluding hydrogens is 352 g/mol. The van der Waals surface area contributed by atoms with Gasteiger partial charge in [0.15, 0.2) is 0 Å². The molecule has 1 aromatic heterocycles. The van der Waals surface area contributed by atoms with Gasteiger partial charge < -0.3 is 14.4 Å². The van der Waals surface area contributed by atoms with Crippen LogP contribution in [-0.2, 0) is 16.0 Å². The number of benzene rings is 1. The van der Waals surface area contributed by atoms with Crippen molar-refractivity contribution in [2.75, 3.05) is 0 Å². The molecule has 1 amide bonds. The average Bonchev–Trinajstić information content (AvgIpc) is 2.57. The highest BCUT2D eigenvalue weighted by Gasteiger charge is 2.34. The fourth-order valence-corrected chi connectivity index (χ4v) is 3.86. The van der Waals surface area contributed by atoms with E-state index in [0.29, 0.717) is 6.54 Å². The van der Waals surface area contributed by atoms with Crippen molar-refractivity contribution in [2.45, 2.75) is 84.8 Å². The van der Waals surface area contributed by atoms with Crippen molar-refractivity contribution in [2.24, 2.45) is 0 Å². The molecule has 28 heavy (non-hydrogen) atoms. The standard InChI is InChI=1S/C23H32N2O3/c1-15-7-9-19-13-18(8-10-21(19)24-15)14-25(22(26)28-23(4,5)6)20-11-16(2)27-17(3)12-20/h7-10,13,16-17,20H,11-12,14H2,1-6H3/t16-,17+,20?. The summed E-state index contributed by atoms with van der Waals surface area (Å²) in [6, 6.07) is 10.4. The molecule has 0 aliphatic carbocycles. The molecule has 1 unspecified atom stereocenters. The maximum atomic E-state index is 13.0. The molecule has 1 aromatic carbocycles. The van der Waals surface area contributed by atoms with E-state index < -0.39 is 5.60 Å². The van der Waals surface area contributed by atoms with E-state index in [2.05, 4.69) is 37.0 Å². The Morgan fingerprint density at radius 1 is 1.18 bits per heavy atom. The second-order valence-electron chi connectivity index (χ2n) is 8.97. The fourth-order valence-electron chi connectivity index (χ4n) is 3.86. The highest BCUT2D eigenvalue weighted by atomic mass is 16.6. The van der Waals surface area contributed by atoms with Gasteiger partial charge >= 0.3 is 6.09 Å². The summed E-state index contributed by atoms with van der Waals surface area (Å²) >= 11 is 0. The molecule has 2 heterocycles. The summed E-state index contributed by atoms with van der Waals surface area (Å²) in [5.74, 6) is 0. The van der Waals surface area contributed by atoms with E-state index >= 15 is 0 Å². The van der Waals surface area contributed by atoms with Gasteiger partial charge in [0.1, 0.15) is 5.60 Å². The Kier molecular flexibility index (Phi) is 5.94. The molecule has 2 aromatic rings. The summed E-state index contributed by atoms with van der Waals surface area (Å²) in [6.07, 6.45) is 1.63. The Bertz CT molecular complexity index is 833. The van der Waals surface area contributed by atoms with Crippen molar-refractivity contribution in [3.05, 3.63) is 41.6 Å². The summed E-state index contributed by atoms with van der Waals surface area (Å²) < 4.78 is 11.6. The first kappa shape index (κ1) is 20.6. The highest BCUT2D eigenvalue weighted by Crippen LogP contribution is 2.27. The quantitative estimate of drug-likeness (QED) is 0.726. The highest BCUT2D eigenvalue weighted by molar-refractivity contribution is 5.79. The minimum Gasteiger partial charge on any atom is -0.444 e. The fraction of sp³-hybridized carbons (Fsp3) is 0.565. The van der Waals surface area contributed by atoms with Gasteiger partial charge in [0.2, 0.25) is 0 Å². The number of fused-ring (bicyclic) bond motifs is 1. The van der Waals surface area contributed by atoms with Gasteiger partial charge in [-0.2, -0.15) is 0 Å². The van der Waals surface area contributed by atoms with Crippen LogP contribution in [0.15, 0.2) is 30.3 Å². The van der Waals surface area contributed by atoms with Crippen LogP contribution in [0.4, 0.5) is 4.79 Å². The van der Waals surface area contributed by atoms with Crippen LogP contribution < -0.4 is 0 Å². The summed E-state index contributed by atoms with van der Waals surface area (Å²) in [5.41, 5.74) is 2.53. The largest absolute Gasteiger partial charge is 0.444 e. The second kappa shape index (κ2) is 8.08. The third-order valence-electron chi connectivity index (χ3n) is 4.99. The lowest BCUT2D eigenvalue weighted by molar-refractivity contribution is -0.0691. The van der Waals surface area contributed by atoms with Gasteiger partial charge in [0.25, 0.3) is 0 Å². The van der Waals surface area contributed by atoms with E-state index in [9.17, 15) is 4.79 Å². The number of hydrogen-bond acceptors (Lipinski definition) is 4. The Morgan fingerprint density at radius 2 is 1.86 bits per heavy atom. The van der Waals surface area contributed by atoms with Crippen molar-refractivity contribution in [1.82, 2.24) is 9.88 Å². The van der Waals surface area contributed by atoms with Crippen molar-refractivity contribution in [3.63, 3.8) is 0 Å². The van der Waals surface area contributed by atoms with Gasteiger partial charge in [-0.25, -0.2) is 4.79 Å². The molecule has 1 aliphatic heterocycles. The monoisotopic (exact) mass is 384 g/mol. The van der Waals surface area contributed by atoms with Crippen LogP contribution in [0, 0.1) is 6.92 Å². The topological polar surface area (TPSA) is 51.7 Å². The Labute approximate surface area is 168 Å². The van der Waals surface area contributed by atoms with E-state index in [1.54, 1.807) is 0 Å². The third-order valence-corrected chi connectivity index (χ3v) is 4.99. The maximum Gasteiger partial charge on any atom is 0.410 e. The molecule has 0 bridgehead atoms. The lowest BCUT2D eigenvalue weighted by Gasteiger charge is -2.39. The number of carbonyl (C=O) groups is 1. The van der Waals surface area contributed by atoms with Crippen molar-refractivity contribution < 1.29 is 14.3 Å². The maximum absolute atomic E-state index is 13.0. The number of carbonyl (C=O) groups excluding carboxylic acids is 1. The smallest absolute Gasteiger partial charge is 0.410 e. The third kappa shape index (κ3) is 5.22. The Balaban J connectivity index is 1.87. The van der Waals surface area contributed by atoms with Crippen LogP contribution in [0.3, 0.4) is 0 Å². The summed E-state index contributed by atoms with van der Waals surface area (Å²) in [6.45, 7) is 12.4. The second-order valence-corrected chi connectivity index (χ2v) is 8.97. The normalized spacial score (nSPS) is 22.9. The zero-order valence-electron chi connectivity index (χ0n) is 17.9. The van der Waals surface area contributed by atoms with Crippen LogP contribution >= 0.6 is 0 Å². The van der Waals surface area contributed by atoms with E-state index in [4.69, 9.17) is 9.47 Å². The summed E-state index contributed by atoms with van der Waals surface area (Å²) in [7, 11) is 0. The molecule has 1 aliphatic rings. The molecule has 0 spiro atoms. The minimum atomic E-state index is -0.525. The first-order valence-corrected chi connectivity index (χ1v) is 10.1. The Hall–Kier alpha value is -2.14.